The van der Waals surface area contributed by atoms with Crippen molar-refractivity contribution < 1.29 is 9.59 Å². The molecule has 1 aliphatic rings. The van der Waals surface area contributed by atoms with Gasteiger partial charge in [-0.25, -0.2) is 20.4 Å². The zero-order chi connectivity index (χ0) is 11.4. The summed E-state index contributed by atoms with van der Waals surface area (Å²) in [6.45, 7) is 4.74. The maximum atomic E-state index is 8.35. The van der Waals surface area contributed by atoms with Crippen LogP contribution in [0.3, 0.4) is 0 Å². The molecule has 4 nitrogen and oxygen atoms in total. The summed E-state index contributed by atoms with van der Waals surface area (Å²) in [6.07, 6.45) is 7.40. The molecule has 0 heterocycles. The van der Waals surface area contributed by atoms with Gasteiger partial charge in [0.05, 0.1) is 0 Å². The Morgan fingerprint density at radius 1 is 1.00 bits per heavy atom. The second-order valence-corrected chi connectivity index (χ2v) is 3.58. The molecule has 2 atom stereocenters. The number of hydrogen-bond donors (Lipinski definition) is 2. The van der Waals surface area contributed by atoms with Crippen molar-refractivity contribution in [3.8, 4) is 0 Å². The summed E-state index contributed by atoms with van der Waals surface area (Å²) < 4.78 is 0. The van der Waals surface area contributed by atoms with Gasteiger partial charge in [0.2, 0.25) is 12.2 Å². The smallest absolute Gasteiger partial charge is 0.222 e. The highest BCUT2D eigenvalue weighted by Crippen LogP contribution is 2.27. The third kappa shape index (κ3) is 13.4. The van der Waals surface area contributed by atoms with Crippen LogP contribution in [0.15, 0.2) is 0 Å². The molecule has 0 aromatic heterocycles. The second-order valence-electron chi connectivity index (χ2n) is 3.58. The maximum Gasteiger partial charge on any atom is 0.231 e. The molecule has 0 aromatic carbocycles. The molecule has 0 aromatic rings. The van der Waals surface area contributed by atoms with Gasteiger partial charge in [-0.2, -0.15) is 0 Å². The van der Waals surface area contributed by atoms with Crippen molar-refractivity contribution in [3.63, 3.8) is 0 Å². The van der Waals surface area contributed by atoms with Gasteiger partial charge in [-0.15, -0.1) is 0 Å². The van der Waals surface area contributed by atoms with Crippen LogP contribution in [-0.2, 0) is 9.59 Å². The van der Waals surface area contributed by atoms with Crippen molar-refractivity contribution in [1.29, 1.82) is 10.8 Å². The lowest BCUT2D eigenvalue weighted by molar-refractivity contribution is 0.301. The quantitative estimate of drug-likeness (QED) is 0.463. The summed E-state index contributed by atoms with van der Waals surface area (Å²) in [5.74, 6) is 2.03. The largest absolute Gasteiger partial charge is 0.231 e. The lowest BCUT2D eigenvalue weighted by atomic mass is 9.84. The van der Waals surface area contributed by atoms with E-state index in [-0.39, 0.29) is 0 Å². The highest BCUT2D eigenvalue weighted by molar-refractivity contribution is 5.26. The third-order valence-electron chi connectivity index (χ3n) is 2.20. The number of hydrogen-bond acceptors (Lipinski definition) is 4. The Morgan fingerprint density at radius 2 is 1.29 bits per heavy atom. The topological polar surface area (TPSA) is 81.8 Å². The lowest BCUT2D eigenvalue weighted by Crippen LogP contribution is -2.09. The molecule has 0 aliphatic heterocycles. The molecule has 0 radical (unpaired) electrons. The average Bonchev–Trinajstić information content (AvgIpc) is 2.06. The SMILES string of the molecule is CC1CCCC(C)C1.N=C=O.N=C=O. The summed E-state index contributed by atoms with van der Waals surface area (Å²) >= 11 is 0. The van der Waals surface area contributed by atoms with Crippen LogP contribution in [-0.4, -0.2) is 12.2 Å². The first-order chi connectivity index (χ1) is 6.62. The predicted molar refractivity (Wildman–Crippen MR) is 53.6 cm³/mol. The van der Waals surface area contributed by atoms with E-state index in [2.05, 4.69) is 13.8 Å². The lowest BCUT2D eigenvalue weighted by Gasteiger charge is -2.22. The average molecular weight is 198 g/mol. The molecule has 80 valence electrons. The molecule has 1 rings (SSSR count). The van der Waals surface area contributed by atoms with E-state index in [1.165, 1.54) is 25.7 Å². The van der Waals surface area contributed by atoms with Crippen LogP contribution < -0.4 is 0 Å². The normalized spacial score (nSPS) is 23.9. The summed E-state index contributed by atoms with van der Waals surface area (Å²) in [7, 11) is 0. The van der Waals surface area contributed by atoms with E-state index in [9.17, 15) is 0 Å². The molecule has 1 aliphatic carbocycles. The summed E-state index contributed by atoms with van der Waals surface area (Å²) in [4.78, 5) is 16.7. The van der Waals surface area contributed by atoms with Gasteiger partial charge < -0.3 is 0 Å². The Kier molecular flexibility index (Phi) is 12.8. The monoisotopic (exact) mass is 198 g/mol. The van der Waals surface area contributed by atoms with Crippen molar-refractivity contribution in [3.05, 3.63) is 0 Å². The molecule has 2 unspecified atom stereocenters. The fraction of sp³-hybridized carbons (Fsp3) is 0.800. The fourth-order valence-electron chi connectivity index (χ4n) is 1.74. The van der Waals surface area contributed by atoms with Gasteiger partial charge in [0.25, 0.3) is 0 Å². The molecule has 4 heteroatoms. The molecule has 1 saturated carbocycles. The predicted octanol–water partition coefficient (Wildman–Crippen LogP) is 2.63. The van der Waals surface area contributed by atoms with Crippen LogP contribution in [0, 0.1) is 22.7 Å². The molecule has 0 bridgehead atoms. The van der Waals surface area contributed by atoms with E-state index in [0.717, 1.165) is 24.0 Å². The van der Waals surface area contributed by atoms with E-state index in [4.69, 9.17) is 20.4 Å². The van der Waals surface area contributed by atoms with Crippen molar-refractivity contribution in [2.24, 2.45) is 11.8 Å². The standard InChI is InChI=1S/C8H16.2CHNO/c1-7-4-3-5-8(2)6-7;2*2-1-3/h7-8H,3-6H2,1-2H3;2*2H. The van der Waals surface area contributed by atoms with Crippen molar-refractivity contribution in [2.75, 3.05) is 0 Å². The van der Waals surface area contributed by atoms with Gasteiger partial charge in [0.15, 0.2) is 0 Å². The van der Waals surface area contributed by atoms with Crippen molar-refractivity contribution in [1.82, 2.24) is 0 Å². The van der Waals surface area contributed by atoms with Gasteiger partial charge in [-0.3, -0.25) is 0 Å². The number of carbonyl (C=O) groups excluding carboxylic acids is 2. The number of isocyanates is 2. The fourth-order valence-corrected chi connectivity index (χ4v) is 1.74. The molecule has 0 saturated heterocycles. The minimum absolute atomic E-state index is 0.750. The van der Waals surface area contributed by atoms with Gasteiger partial charge in [0, 0.05) is 0 Å². The molecular formula is C10H18N2O2. The summed E-state index contributed by atoms with van der Waals surface area (Å²) in [6, 6.07) is 0. The minimum Gasteiger partial charge on any atom is -0.222 e. The van der Waals surface area contributed by atoms with Crippen LogP contribution in [0.4, 0.5) is 0 Å². The third-order valence-corrected chi connectivity index (χ3v) is 2.20. The van der Waals surface area contributed by atoms with Gasteiger partial charge in [-0.05, 0) is 18.3 Å². The van der Waals surface area contributed by atoms with Gasteiger partial charge in [0.1, 0.15) is 0 Å². The van der Waals surface area contributed by atoms with Crippen LogP contribution in [0.1, 0.15) is 39.5 Å². The first-order valence-corrected chi connectivity index (χ1v) is 4.70. The van der Waals surface area contributed by atoms with E-state index in [1.54, 1.807) is 0 Å². The van der Waals surface area contributed by atoms with Crippen molar-refractivity contribution >= 4 is 12.2 Å². The maximum absolute atomic E-state index is 8.35. The van der Waals surface area contributed by atoms with Gasteiger partial charge in [-0.1, -0.05) is 33.1 Å². The van der Waals surface area contributed by atoms with Gasteiger partial charge >= 0.3 is 0 Å². The molecule has 14 heavy (non-hydrogen) atoms. The van der Waals surface area contributed by atoms with E-state index in [1.807, 2.05) is 0 Å². The zero-order valence-corrected chi connectivity index (χ0v) is 8.80. The summed E-state index contributed by atoms with van der Waals surface area (Å²) in [5, 5.41) is 10.8. The molecule has 0 amide bonds. The summed E-state index contributed by atoms with van der Waals surface area (Å²) in [5.41, 5.74) is 0. The molecular weight excluding hydrogens is 180 g/mol. The number of rotatable bonds is 0. The molecule has 2 N–H and O–H groups in total. The van der Waals surface area contributed by atoms with Crippen molar-refractivity contribution in [2.45, 2.75) is 39.5 Å². The van der Waals surface area contributed by atoms with Crippen LogP contribution in [0.2, 0.25) is 0 Å². The highest BCUT2D eigenvalue weighted by Gasteiger charge is 2.13. The van der Waals surface area contributed by atoms with Crippen LogP contribution in [0.5, 0.6) is 0 Å². The number of nitrogens with one attached hydrogen (secondary N) is 2. The molecule has 1 fully saturated rings. The second kappa shape index (κ2) is 11.8. The Hall–Kier alpha value is -1.24. The van der Waals surface area contributed by atoms with Crippen LogP contribution in [0.25, 0.3) is 0 Å². The Morgan fingerprint density at radius 3 is 1.43 bits per heavy atom. The van der Waals surface area contributed by atoms with Crippen LogP contribution >= 0.6 is 0 Å². The Balaban J connectivity index is 0. The minimum atomic E-state index is 0.750. The first kappa shape index (κ1) is 15.2. The Bertz CT molecular complexity index is 172. The Labute approximate surface area is 84.7 Å². The van der Waals surface area contributed by atoms with E-state index < -0.39 is 0 Å². The van der Waals surface area contributed by atoms with E-state index in [0.29, 0.717) is 0 Å². The van der Waals surface area contributed by atoms with E-state index >= 15 is 0 Å². The first-order valence-electron chi connectivity index (χ1n) is 4.70. The molecule has 0 spiro atoms. The zero-order valence-electron chi connectivity index (χ0n) is 8.80. The highest BCUT2D eigenvalue weighted by atomic mass is 16.1.